The van der Waals surface area contributed by atoms with Gasteiger partial charge in [0, 0.05) is 6.07 Å². The van der Waals surface area contributed by atoms with E-state index in [1.54, 1.807) is 0 Å². The summed E-state index contributed by atoms with van der Waals surface area (Å²) in [4.78, 5) is 32.3. The van der Waals surface area contributed by atoms with E-state index in [2.05, 4.69) is 4.74 Å². The second kappa shape index (κ2) is 5.80. The van der Waals surface area contributed by atoms with E-state index in [-0.39, 0.29) is 11.3 Å². The van der Waals surface area contributed by atoms with Gasteiger partial charge in [-0.1, -0.05) is 0 Å². The van der Waals surface area contributed by atoms with E-state index in [0.29, 0.717) is 0 Å². The molecule has 0 aliphatic carbocycles. The normalized spacial score (nSPS) is 11.5. The van der Waals surface area contributed by atoms with Crippen molar-refractivity contribution in [2.75, 3.05) is 7.11 Å². The van der Waals surface area contributed by atoms with E-state index in [9.17, 15) is 19.7 Å². The number of nitrogens with zero attached hydrogens (tertiary/aromatic N) is 1. The molecule has 1 aromatic rings. The second-order valence-electron chi connectivity index (χ2n) is 3.59. The number of nitro groups is 1. The van der Waals surface area contributed by atoms with Crippen molar-refractivity contribution in [2.45, 2.75) is 13.0 Å². The quantitative estimate of drug-likeness (QED) is 0.475. The van der Waals surface area contributed by atoms with Crippen LogP contribution in [-0.4, -0.2) is 30.0 Å². The van der Waals surface area contributed by atoms with Gasteiger partial charge >= 0.3 is 11.7 Å². The number of carbonyl (C=O) groups is 2. The van der Waals surface area contributed by atoms with Crippen molar-refractivity contribution >= 4 is 17.6 Å². The minimum atomic E-state index is -1.03. The molecule has 1 aromatic carbocycles. The number of nitrogens with two attached hydrogens (primary N) is 1. The number of ether oxygens (including phenoxy) is 2. The first-order valence-corrected chi connectivity index (χ1v) is 5.19. The summed E-state index contributed by atoms with van der Waals surface area (Å²) in [5, 5.41) is 10.9. The van der Waals surface area contributed by atoms with Crippen molar-refractivity contribution in [3.05, 3.63) is 33.9 Å². The highest BCUT2D eigenvalue weighted by Gasteiger charge is 2.22. The van der Waals surface area contributed by atoms with Crippen LogP contribution in [0.3, 0.4) is 0 Å². The summed E-state index contributed by atoms with van der Waals surface area (Å²) in [7, 11) is 1.16. The Bertz CT molecular complexity index is 528. The number of amides is 1. The van der Waals surface area contributed by atoms with Gasteiger partial charge in [0.15, 0.2) is 11.9 Å². The molecule has 1 atom stereocenters. The molecule has 0 aliphatic rings. The van der Waals surface area contributed by atoms with Gasteiger partial charge in [-0.05, 0) is 19.1 Å². The van der Waals surface area contributed by atoms with E-state index >= 15 is 0 Å². The molecule has 0 fully saturated rings. The average Bonchev–Trinajstić information content (AvgIpc) is 2.37. The van der Waals surface area contributed by atoms with Crippen molar-refractivity contribution in [1.29, 1.82) is 0 Å². The molecular weight excluding hydrogens is 256 g/mol. The molecule has 0 radical (unpaired) electrons. The number of benzene rings is 1. The molecule has 1 rings (SSSR count). The Morgan fingerprint density at radius 3 is 2.53 bits per heavy atom. The molecule has 8 heteroatoms. The zero-order valence-electron chi connectivity index (χ0n) is 10.3. The van der Waals surface area contributed by atoms with Crippen LogP contribution in [0.25, 0.3) is 0 Å². The summed E-state index contributed by atoms with van der Waals surface area (Å²) >= 11 is 0. The van der Waals surface area contributed by atoms with Gasteiger partial charge in [-0.2, -0.15) is 0 Å². The number of hydrogen-bond donors (Lipinski definition) is 1. The zero-order valence-corrected chi connectivity index (χ0v) is 10.3. The number of primary amides is 1. The molecule has 0 bridgehead atoms. The number of hydrogen-bond acceptors (Lipinski definition) is 6. The fraction of sp³-hybridized carbons (Fsp3) is 0.273. The summed E-state index contributed by atoms with van der Waals surface area (Å²) in [6, 6.07) is 3.51. The van der Waals surface area contributed by atoms with Crippen LogP contribution in [0.2, 0.25) is 0 Å². The maximum absolute atomic E-state index is 11.3. The number of rotatable bonds is 5. The van der Waals surface area contributed by atoms with Crippen LogP contribution >= 0.6 is 0 Å². The third-order valence-corrected chi connectivity index (χ3v) is 2.28. The Morgan fingerprint density at radius 2 is 2.05 bits per heavy atom. The van der Waals surface area contributed by atoms with Crippen molar-refractivity contribution < 1.29 is 24.0 Å². The monoisotopic (exact) mass is 268 g/mol. The van der Waals surface area contributed by atoms with E-state index < -0.39 is 28.6 Å². The van der Waals surface area contributed by atoms with Crippen LogP contribution in [0.4, 0.5) is 5.69 Å². The Morgan fingerprint density at radius 1 is 1.42 bits per heavy atom. The Kier molecular flexibility index (Phi) is 4.41. The van der Waals surface area contributed by atoms with E-state index in [1.807, 2.05) is 0 Å². The Balaban J connectivity index is 3.15. The lowest BCUT2D eigenvalue weighted by atomic mass is 10.2. The number of esters is 1. The predicted molar refractivity (Wildman–Crippen MR) is 63.7 cm³/mol. The number of methoxy groups -OCH3 is 1. The molecule has 2 N–H and O–H groups in total. The first-order chi connectivity index (χ1) is 8.86. The van der Waals surface area contributed by atoms with Crippen LogP contribution in [0.1, 0.15) is 17.3 Å². The largest absolute Gasteiger partial charge is 0.474 e. The fourth-order valence-electron chi connectivity index (χ4n) is 1.25. The molecule has 0 unspecified atom stereocenters. The van der Waals surface area contributed by atoms with Gasteiger partial charge in [0.2, 0.25) is 0 Å². The van der Waals surface area contributed by atoms with Gasteiger partial charge in [-0.15, -0.1) is 0 Å². The molecule has 102 valence electrons. The predicted octanol–water partition coefficient (Wildman–Crippen LogP) is 0.634. The summed E-state index contributed by atoms with van der Waals surface area (Å²) in [5.74, 6) is -1.62. The zero-order chi connectivity index (χ0) is 14.6. The maximum Gasteiger partial charge on any atom is 0.338 e. The topological polar surface area (TPSA) is 122 Å². The smallest absolute Gasteiger partial charge is 0.338 e. The fourth-order valence-corrected chi connectivity index (χ4v) is 1.25. The summed E-state index contributed by atoms with van der Waals surface area (Å²) in [6.45, 7) is 1.36. The molecule has 8 nitrogen and oxygen atoms in total. The van der Waals surface area contributed by atoms with Crippen molar-refractivity contribution in [3.8, 4) is 5.75 Å². The lowest BCUT2D eigenvalue weighted by Crippen LogP contribution is -2.30. The molecule has 0 aliphatic heterocycles. The standard InChI is InChI=1S/C11H12N2O6/c1-6(10(12)14)19-9-4-3-7(11(15)18-2)5-8(9)13(16)17/h3-6H,1-2H3,(H2,12,14)/t6-/m1/s1. The SMILES string of the molecule is COC(=O)c1ccc(O[C@H](C)C(N)=O)c([N+](=O)[O-])c1. The molecule has 0 heterocycles. The molecule has 1 amide bonds. The van der Waals surface area contributed by atoms with Crippen LogP contribution < -0.4 is 10.5 Å². The Hall–Kier alpha value is -2.64. The van der Waals surface area contributed by atoms with Gasteiger partial charge in [0.05, 0.1) is 17.6 Å². The number of carbonyl (C=O) groups excluding carboxylic acids is 2. The first kappa shape index (κ1) is 14.4. The highest BCUT2D eigenvalue weighted by atomic mass is 16.6. The molecule has 0 saturated heterocycles. The molecular formula is C11H12N2O6. The third kappa shape index (κ3) is 3.41. The average molecular weight is 268 g/mol. The van der Waals surface area contributed by atoms with Crippen LogP contribution in [0.15, 0.2) is 18.2 Å². The van der Waals surface area contributed by atoms with Crippen molar-refractivity contribution in [1.82, 2.24) is 0 Å². The van der Waals surface area contributed by atoms with E-state index in [4.69, 9.17) is 10.5 Å². The van der Waals surface area contributed by atoms with Crippen LogP contribution in [-0.2, 0) is 9.53 Å². The number of nitro benzene ring substituents is 1. The van der Waals surface area contributed by atoms with Crippen LogP contribution in [0.5, 0.6) is 5.75 Å². The summed E-state index contributed by atoms with van der Waals surface area (Å²) in [5.41, 5.74) is 4.56. The van der Waals surface area contributed by atoms with E-state index in [0.717, 1.165) is 13.2 Å². The highest BCUT2D eigenvalue weighted by Crippen LogP contribution is 2.29. The summed E-state index contributed by atoms with van der Waals surface area (Å²) < 4.78 is 9.52. The summed E-state index contributed by atoms with van der Waals surface area (Å²) in [6.07, 6.45) is -1.03. The minimum absolute atomic E-state index is 0.00766. The Labute approximate surface area is 108 Å². The third-order valence-electron chi connectivity index (χ3n) is 2.28. The van der Waals surface area contributed by atoms with Crippen LogP contribution in [0, 0.1) is 10.1 Å². The van der Waals surface area contributed by atoms with Crippen molar-refractivity contribution in [3.63, 3.8) is 0 Å². The minimum Gasteiger partial charge on any atom is -0.474 e. The molecule has 0 spiro atoms. The van der Waals surface area contributed by atoms with Gasteiger partial charge in [-0.3, -0.25) is 14.9 Å². The lowest BCUT2D eigenvalue weighted by molar-refractivity contribution is -0.386. The molecule has 0 saturated carbocycles. The molecule has 19 heavy (non-hydrogen) atoms. The second-order valence-corrected chi connectivity index (χ2v) is 3.59. The van der Waals surface area contributed by atoms with Gasteiger partial charge < -0.3 is 15.2 Å². The van der Waals surface area contributed by atoms with Crippen molar-refractivity contribution in [2.24, 2.45) is 5.73 Å². The first-order valence-electron chi connectivity index (χ1n) is 5.19. The van der Waals surface area contributed by atoms with Gasteiger partial charge in [-0.25, -0.2) is 4.79 Å². The highest BCUT2D eigenvalue weighted by molar-refractivity contribution is 5.90. The van der Waals surface area contributed by atoms with Gasteiger partial charge in [0.25, 0.3) is 5.91 Å². The molecule has 0 aromatic heterocycles. The lowest BCUT2D eigenvalue weighted by Gasteiger charge is -2.11. The van der Waals surface area contributed by atoms with Gasteiger partial charge in [0.1, 0.15) is 0 Å². The van der Waals surface area contributed by atoms with E-state index in [1.165, 1.54) is 19.1 Å². The maximum atomic E-state index is 11.3.